The lowest BCUT2D eigenvalue weighted by molar-refractivity contribution is 0.0346. The molecule has 1 saturated heterocycles. The van der Waals surface area contributed by atoms with Crippen molar-refractivity contribution >= 4 is 23.2 Å². The van der Waals surface area contributed by atoms with Crippen LogP contribution in [0.5, 0.6) is 0 Å². The molecule has 5 heteroatoms. The number of nitrogens with zero attached hydrogens (tertiary/aromatic N) is 1. The number of rotatable bonds is 1. The maximum atomic E-state index is 5.59. The maximum absolute atomic E-state index is 5.59. The zero-order chi connectivity index (χ0) is 9.31. The minimum Gasteiger partial charge on any atom is -0.406 e. The van der Waals surface area contributed by atoms with Crippen LogP contribution in [0.25, 0.3) is 0 Å². The van der Waals surface area contributed by atoms with Gasteiger partial charge in [-0.25, -0.2) is 0 Å². The van der Waals surface area contributed by atoms with Crippen LogP contribution in [0, 0.1) is 5.41 Å². The van der Waals surface area contributed by atoms with Gasteiger partial charge in [0, 0.05) is 24.8 Å². The Balaban J connectivity index is 1.99. The summed E-state index contributed by atoms with van der Waals surface area (Å²) < 4.78 is 12.2. The SMILES string of the molecule is CC1(C)COB(c2cncs2)OC1. The van der Waals surface area contributed by atoms with Crippen LogP contribution < -0.4 is 4.78 Å². The van der Waals surface area contributed by atoms with Gasteiger partial charge in [0.2, 0.25) is 0 Å². The molecule has 0 unspecified atom stereocenters. The standard InChI is InChI=1S/C8H12BNO2S/c1-8(2)4-11-9(12-5-8)7-3-10-6-13-7/h3,6H,4-5H2,1-2H3. The van der Waals surface area contributed by atoms with Gasteiger partial charge in [-0.1, -0.05) is 13.8 Å². The molecule has 0 atom stereocenters. The second-order valence-corrected chi connectivity index (χ2v) is 4.94. The van der Waals surface area contributed by atoms with E-state index in [9.17, 15) is 0 Å². The van der Waals surface area contributed by atoms with Crippen molar-refractivity contribution in [3.8, 4) is 0 Å². The highest BCUT2D eigenvalue weighted by Gasteiger charge is 2.34. The quantitative estimate of drug-likeness (QED) is 0.627. The number of aromatic nitrogens is 1. The lowest BCUT2D eigenvalue weighted by Gasteiger charge is -2.32. The molecule has 70 valence electrons. The van der Waals surface area contributed by atoms with E-state index >= 15 is 0 Å². The molecule has 2 heterocycles. The Kier molecular flexibility index (Phi) is 2.40. The Morgan fingerprint density at radius 1 is 1.46 bits per heavy atom. The van der Waals surface area contributed by atoms with E-state index in [-0.39, 0.29) is 12.5 Å². The van der Waals surface area contributed by atoms with Gasteiger partial charge in [-0.2, -0.15) is 0 Å². The topological polar surface area (TPSA) is 31.4 Å². The first-order valence-electron chi connectivity index (χ1n) is 4.29. The number of hydrogen-bond acceptors (Lipinski definition) is 4. The van der Waals surface area contributed by atoms with Gasteiger partial charge in [0.15, 0.2) is 0 Å². The summed E-state index contributed by atoms with van der Waals surface area (Å²) >= 11 is 1.57. The molecule has 0 N–H and O–H groups in total. The summed E-state index contributed by atoms with van der Waals surface area (Å²) in [7, 11) is -0.194. The molecule has 1 aliphatic rings. The van der Waals surface area contributed by atoms with E-state index in [0.29, 0.717) is 0 Å². The molecule has 1 aliphatic heterocycles. The summed E-state index contributed by atoms with van der Waals surface area (Å²) in [5.74, 6) is 0. The minimum atomic E-state index is -0.194. The van der Waals surface area contributed by atoms with Gasteiger partial charge in [0.25, 0.3) is 0 Å². The second-order valence-electron chi connectivity index (χ2n) is 4.02. The van der Waals surface area contributed by atoms with Crippen molar-refractivity contribution in [1.82, 2.24) is 4.98 Å². The lowest BCUT2D eigenvalue weighted by Crippen LogP contribution is -2.46. The summed E-state index contributed by atoms with van der Waals surface area (Å²) in [6, 6.07) is 0. The highest BCUT2D eigenvalue weighted by Crippen LogP contribution is 2.21. The smallest absolute Gasteiger partial charge is 0.406 e. The molecule has 0 radical (unpaired) electrons. The largest absolute Gasteiger partial charge is 0.506 e. The molecule has 1 fully saturated rings. The molecule has 0 saturated carbocycles. The molecular formula is C8H12BNO2S. The molecule has 0 aliphatic carbocycles. The molecule has 0 bridgehead atoms. The van der Waals surface area contributed by atoms with Crippen molar-refractivity contribution in [3.05, 3.63) is 11.7 Å². The van der Waals surface area contributed by atoms with Gasteiger partial charge in [-0.05, 0) is 0 Å². The Morgan fingerprint density at radius 2 is 2.15 bits per heavy atom. The van der Waals surface area contributed by atoms with E-state index in [0.717, 1.165) is 18.0 Å². The number of hydrogen-bond donors (Lipinski definition) is 0. The molecular weight excluding hydrogens is 185 g/mol. The van der Waals surface area contributed by atoms with E-state index in [4.69, 9.17) is 9.31 Å². The van der Waals surface area contributed by atoms with Crippen molar-refractivity contribution < 1.29 is 9.31 Å². The fraction of sp³-hybridized carbons (Fsp3) is 0.625. The summed E-state index contributed by atoms with van der Waals surface area (Å²) in [6.45, 7) is 5.76. The molecule has 0 aromatic carbocycles. The van der Waals surface area contributed by atoms with Gasteiger partial charge in [-0.3, -0.25) is 4.98 Å². The highest BCUT2D eigenvalue weighted by atomic mass is 32.1. The average molecular weight is 197 g/mol. The summed E-state index contributed by atoms with van der Waals surface area (Å²) in [5.41, 5.74) is 1.93. The van der Waals surface area contributed by atoms with Crippen molar-refractivity contribution in [2.75, 3.05) is 13.2 Å². The Hall–Kier alpha value is -0.385. The monoisotopic (exact) mass is 197 g/mol. The molecule has 0 spiro atoms. The van der Waals surface area contributed by atoms with E-state index in [1.165, 1.54) is 0 Å². The van der Waals surface area contributed by atoms with Crippen LogP contribution in [0.4, 0.5) is 0 Å². The van der Waals surface area contributed by atoms with Crippen LogP contribution in [0.2, 0.25) is 0 Å². The summed E-state index contributed by atoms with van der Waals surface area (Å²) in [5, 5.41) is 0. The zero-order valence-corrected chi connectivity index (χ0v) is 8.63. The number of thiazole rings is 1. The van der Waals surface area contributed by atoms with Crippen molar-refractivity contribution in [1.29, 1.82) is 0 Å². The Bertz CT molecular complexity index is 266. The molecule has 3 nitrogen and oxygen atoms in total. The van der Waals surface area contributed by atoms with Gasteiger partial charge in [0.05, 0.1) is 10.3 Å². The van der Waals surface area contributed by atoms with Gasteiger partial charge < -0.3 is 9.31 Å². The van der Waals surface area contributed by atoms with Crippen LogP contribution in [-0.4, -0.2) is 25.3 Å². The van der Waals surface area contributed by atoms with Crippen molar-refractivity contribution in [2.24, 2.45) is 5.41 Å². The fourth-order valence-corrected chi connectivity index (χ4v) is 1.81. The Morgan fingerprint density at radius 3 is 2.69 bits per heavy atom. The van der Waals surface area contributed by atoms with Crippen LogP contribution in [-0.2, 0) is 9.31 Å². The van der Waals surface area contributed by atoms with E-state index in [2.05, 4.69) is 18.8 Å². The van der Waals surface area contributed by atoms with Crippen LogP contribution in [0.15, 0.2) is 11.7 Å². The molecule has 2 rings (SSSR count). The molecule has 1 aromatic rings. The van der Waals surface area contributed by atoms with Crippen LogP contribution >= 0.6 is 11.3 Å². The summed E-state index contributed by atoms with van der Waals surface area (Å²) in [6.07, 6.45) is 1.80. The van der Waals surface area contributed by atoms with E-state index in [1.54, 1.807) is 23.0 Å². The van der Waals surface area contributed by atoms with E-state index in [1.807, 2.05) is 0 Å². The van der Waals surface area contributed by atoms with Gasteiger partial charge >= 0.3 is 7.12 Å². The predicted octanol–water partition coefficient (Wildman–Crippen LogP) is 0.911. The van der Waals surface area contributed by atoms with Crippen LogP contribution in [0.1, 0.15) is 13.8 Å². The van der Waals surface area contributed by atoms with Crippen molar-refractivity contribution in [2.45, 2.75) is 13.8 Å². The highest BCUT2D eigenvalue weighted by molar-refractivity contribution is 7.20. The average Bonchev–Trinajstić information content (AvgIpc) is 2.56. The maximum Gasteiger partial charge on any atom is 0.506 e. The zero-order valence-electron chi connectivity index (χ0n) is 7.82. The normalized spacial score (nSPS) is 21.8. The first kappa shape index (κ1) is 9.18. The van der Waals surface area contributed by atoms with Gasteiger partial charge in [-0.15, -0.1) is 11.3 Å². The minimum absolute atomic E-state index is 0.140. The molecule has 1 aromatic heterocycles. The second kappa shape index (κ2) is 3.40. The summed E-state index contributed by atoms with van der Waals surface area (Å²) in [4.78, 5) is 3.99. The third kappa shape index (κ3) is 2.10. The van der Waals surface area contributed by atoms with E-state index < -0.39 is 0 Å². The first-order valence-corrected chi connectivity index (χ1v) is 5.17. The van der Waals surface area contributed by atoms with Crippen molar-refractivity contribution in [3.63, 3.8) is 0 Å². The molecule has 13 heavy (non-hydrogen) atoms. The Labute approximate surface area is 82.2 Å². The third-order valence-electron chi connectivity index (χ3n) is 1.93. The molecule has 0 amide bonds. The first-order chi connectivity index (χ1) is 6.17. The third-order valence-corrected chi connectivity index (χ3v) is 2.73. The predicted molar refractivity (Wildman–Crippen MR) is 53.2 cm³/mol. The lowest BCUT2D eigenvalue weighted by atomic mass is 9.83. The van der Waals surface area contributed by atoms with Gasteiger partial charge in [0.1, 0.15) is 0 Å². The fourth-order valence-electron chi connectivity index (χ4n) is 1.20. The van der Waals surface area contributed by atoms with Crippen LogP contribution in [0.3, 0.4) is 0 Å².